The lowest BCUT2D eigenvalue weighted by Gasteiger charge is -2.27. The maximum Gasteiger partial charge on any atom is 0.354 e. The van der Waals surface area contributed by atoms with E-state index in [2.05, 4.69) is 10.3 Å². The maximum atomic E-state index is 11.6. The first-order valence-electron chi connectivity index (χ1n) is 4.37. The van der Waals surface area contributed by atoms with Gasteiger partial charge in [0, 0.05) is 6.20 Å². The van der Waals surface area contributed by atoms with Crippen molar-refractivity contribution in [1.29, 1.82) is 0 Å². The third-order valence-electron chi connectivity index (χ3n) is 2.21. The van der Waals surface area contributed by atoms with Crippen molar-refractivity contribution in [3.05, 3.63) is 11.9 Å². The van der Waals surface area contributed by atoms with Crippen molar-refractivity contribution < 1.29 is 14.7 Å². The first-order valence-corrected chi connectivity index (χ1v) is 5.18. The van der Waals surface area contributed by atoms with E-state index in [4.69, 9.17) is 5.11 Å². The molecule has 15 heavy (non-hydrogen) atoms. The van der Waals surface area contributed by atoms with Crippen molar-refractivity contribution >= 4 is 29.3 Å². The monoisotopic (exact) mass is 226 g/mol. The summed E-state index contributed by atoms with van der Waals surface area (Å²) in [6.07, 6.45) is 1.60. The number of rotatable bonds is 1. The second-order valence-corrected chi connectivity index (χ2v) is 5.44. The lowest BCUT2D eigenvalue weighted by molar-refractivity contribution is -0.117. The fourth-order valence-corrected chi connectivity index (χ4v) is 2.43. The van der Waals surface area contributed by atoms with Crippen molar-refractivity contribution in [2.75, 3.05) is 5.32 Å². The molecule has 80 valence electrons. The Labute approximate surface area is 90.2 Å². The number of aromatic carboxylic acids is 1. The van der Waals surface area contributed by atoms with Crippen LogP contribution in [-0.4, -0.2) is 26.7 Å². The summed E-state index contributed by atoms with van der Waals surface area (Å²) in [4.78, 5) is 25.8. The zero-order chi connectivity index (χ0) is 11.2. The van der Waals surface area contributed by atoms with Crippen LogP contribution in [0.25, 0.3) is 0 Å². The highest BCUT2D eigenvalue weighted by molar-refractivity contribution is 8.01. The molecule has 5 nitrogen and oxygen atoms in total. The molecule has 0 atom stereocenters. The SMILES string of the molecule is CC1(C)Sc2c[nH]c(C(=O)O)c2NC1=O. The van der Waals surface area contributed by atoms with Crippen LogP contribution in [-0.2, 0) is 4.79 Å². The Morgan fingerprint density at radius 3 is 2.80 bits per heavy atom. The van der Waals surface area contributed by atoms with Crippen molar-refractivity contribution in [3.8, 4) is 0 Å². The summed E-state index contributed by atoms with van der Waals surface area (Å²) in [5.74, 6) is -1.25. The van der Waals surface area contributed by atoms with Gasteiger partial charge in [0.25, 0.3) is 0 Å². The quantitative estimate of drug-likeness (QED) is 0.678. The maximum absolute atomic E-state index is 11.6. The molecule has 1 aromatic rings. The lowest BCUT2D eigenvalue weighted by atomic mass is 10.2. The largest absolute Gasteiger partial charge is 0.477 e. The number of H-pyrrole nitrogens is 1. The third-order valence-corrected chi connectivity index (χ3v) is 3.45. The molecule has 1 amide bonds. The Morgan fingerprint density at radius 1 is 1.53 bits per heavy atom. The van der Waals surface area contributed by atoms with E-state index in [0.717, 1.165) is 4.90 Å². The zero-order valence-corrected chi connectivity index (χ0v) is 9.07. The van der Waals surface area contributed by atoms with Crippen molar-refractivity contribution in [2.24, 2.45) is 0 Å². The highest BCUT2D eigenvalue weighted by Crippen LogP contribution is 2.43. The Morgan fingerprint density at radius 2 is 2.20 bits per heavy atom. The Balaban J connectivity index is 2.48. The molecular weight excluding hydrogens is 216 g/mol. The van der Waals surface area contributed by atoms with Gasteiger partial charge in [0.05, 0.1) is 15.3 Å². The number of anilines is 1. The second-order valence-electron chi connectivity index (χ2n) is 3.77. The normalized spacial score (nSPS) is 18.1. The average Bonchev–Trinajstić information content (AvgIpc) is 2.47. The predicted octanol–water partition coefficient (Wildman–Crippen LogP) is 1.54. The first-order chi connectivity index (χ1) is 6.92. The molecule has 0 saturated carbocycles. The van der Waals surface area contributed by atoms with Crippen LogP contribution in [0.5, 0.6) is 0 Å². The standard InChI is InChI=1S/C9H10N2O3S/c1-9(2)8(14)11-5-4(15-9)3-10-6(5)7(12)13/h3,10H,1-2H3,(H,11,14)(H,12,13). The van der Waals surface area contributed by atoms with E-state index in [0.29, 0.717) is 5.69 Å². The topological polar surface area (TPSA) is 82.2 Å². The molecule has 3 N–H and O–H groups in total. The van der Waals surface area contributed by atoms with Crippen molar-refractivity contribution in [2.45, 2.75) is 23.5 Å². The van der Waals surface area contributed by atoms with Crippen LogP contribution in [0.4, 0.5) is 5.69 Å². The predicted molar refractivity (Wildman–Crippen MR) is 56.3 cm³/mol. The molecule has 0 aliphatic carbocycles. The number of nitrogens with one attached hydrogen (secondary N) is 2. The van der Waals surface area contributed by atoms with Crippen molar-refractivity contribution in [3.63, 3.8) is 0 Å². The van der Waals surface area contributed by atoms with Gasteiger partial charge >= 0.3 is 5.97 Å². The Kier molecular flexibility index (Phi) is 2.04. The number of carboxylic acids is 1. The molecule has 0 saturated heterocycles. The van der Waals surface area contributed by atoms with E-state index >= 15 is 0 Å². The number of hydrogen-bond donors (Lipinski definition) is 3. The van der Waals surface area contributed by atoms with Gasteiger partial charge in [-0.2, -0.15) is 0 Å². The van der Waals surface area contributed by atoms with Crippen LogP contribution < -0.4 is 5.32 Å². The fraction of sp³-hybridized carbons (Fsp3) is 0.333. The molecule has 0 fully saturated rings. The molecule has 1 aliphatic heterocycles. The number of carbonyl (C=O) groups excluding carboxylic acids is 1. The van der Waals surface area contributed by atoms with Gasteiger partial charge in [-0.3, -0.25) is 4.79 Å². The van der Waals surface area contributed by atoms with E-state index < -0.39 is 10.7 Å². The smallest absolute Gasteiger partial charge is 0.354 e. The van der Waals surface area contributed by atoms with E-state index in [1.54, 1.807) is 20.0 Å². The molecule has 0 bridgehead atoms. The molecule has 1 aliphatic rings. The number of aromatic nitrogens is 1. The summed E-state index contributed by atoms with van der Waals surface area (Å²) in [6.45, 7) is 3.59. The van der Waals surface area contributed by atoms with Gasteiger partial charge in [0.15, 0.2) is 0 Å². The number of thioether (sulfide) groups is 1. The minimum atomic E-state index is -1.07. The van der Waals surface area contributed by atoms with Gasteiger partial charge in [-0.05, 0) is 13.8 Å². The van der Waals surface area contributed by atoms with Gasteiger partial charge < -0.3 is 15.4 Å². The molecule has 6 heteroatoms. The van der Waals surface area contributed by atoms with E-state index in [1.165, 1.54) is 11.8 Å². The van der Waals surface area contributed by atoms with Crippen LogP contribution in [0.3, 0.4) is 0 Å². The van der Waals surface area contributed by atoms with Gasteiger partial charge in [-0.15, -0.1) is 11.8 Å². The summed E-state index contributed by atoms with van der Waals surface area (Å²) in [6, 6.07) is 0. The minimum absolute atomic E-state index is 0.0290. The highest BCUT2D eigenvalue weighted by atomic mass is 32.2. The van der Waals surface area contributed by atoms with Crippen LogP contribution in [0.15, 0.2) is 11.1 Å². The molecule has 0 unspecified atom stereocenters. The minimum Gasteiger partial charge on any atom is -0.477 e. The average molecular weight is 226 g/mol. The summed E-state index contributed by atoms with van der Waals surface area (Å²) < 4.78 is -0.565. The molecule has 0 aromatic carbocycles. The first kappa shape index (κ1) is 10.1. The van der Waals surface area contributed by atoms with Gasteiger partial charge in [0.2, 0.25) is 5.91 Å². The summed E-state index contributed by atoms with van der Waals surface area (Å²) in [7, 11) is 0. The highest BCUT2D eigenvalue weighted by Gasteiger charge is 2.37. The second kappa shape index (κ2) is 3.03. The van der Waals surface area contributed by atoms with Crippen LogP contribution >= 0.6 is 11.8 Å². The van der Waals surface area contributed by atoms with Crippen LogP contribution in [0, 0.1) is 0 Å². The van der Waals surface area contributed by atoms with Gasteiger partial charge in [-0.1, -0.05) is 0 Å². The molecular formula is C9H10N2O3S. The third kappa shape index (κ3) is 1.50. The number of fused-ring (bicyclic) bond motifs is 1. The summed E-state index contributed by atoms with van der Waals surface area (Å²) >= 11 is 1.35. The molecule has 2 heterocycles. The number of hydrogen-bond acceptors (Lipinski definition) is 3. The number of amides is 1. The number of aromatic amines is 1. The molecule has 2 rings (SSSR count). The molecule has 0 radical (unpaired) electrons. The van der Waals surface area contributed by atoms with E-state index in [9.17, 15) is 9.59 Å². The lowest BCUT2D eigenvalue weighted by Crippen LogP contribution is -2.37. The van der Waals surface area contributed by atoms with Crippen LogP contribution in [0.1, 0.15) is 24.3 Å². The Bertz CT molecular complexity index is 450. The Hall–Kier alpha value is -1.43. The fourth-order valence-electron chi connectivity index (χ4n) is 1.36. The summed E-state index contributed by atoms with van der Waals surface area (Å²) in [5.41, 5.74) is 0.401. The number of carbonyl (C=O) groups is 2. The van der Waals surface area contributed by atoms with Crippen molar-refractivity contribution in [1.82, 2.24) is 4.98 Å². The zero-order valence-electron chi connectivity index (χ0n) is 8.25. The number of carboxylic acid groups (broad SMARTS) is 1. The summed E-state index contributed by atoms with van der Waals surface area (Å²) in [5, 5.41) is 11.5. The van der Waals surface area contributed by atoms with Crippen LogP contribution in [0.2, 0.25) is 0 Å². The van der Waals surface area contributed by atoms with E-state index in [1.807, 2.05) is 0 Å². The van der Waals surface area contributed by atoms with E-state index in [-0.39, 0.29) is 11.6 Å². The molecule has 1 aromatic heterocycles. The molecule has 0 spiro atoms. The van der Waals surface area contributed by atoms with Gasteiger partial charge in [-0.25, -0.2) is 4.79 Å². The van der Waals surface area contributed by atoms with Gasteiger partial charge in [0.1, 0.15) is 5.69 Å².